The van der Waals surface area contributed by atoms with Gasteiger partial charge in [-0.1, -0.05) is 12.2 Å². The van der Waals surface area contributed by atoms with Crippen molar-refractivity contribution in [1.82, 2.24) is 4.90 Å². The highest BCUT2D eigenvalue weighted by atomic mass is 16.2. The number of carbonyl (C=O) groups is 4. The van der Waals surface area contributed by atoms with Crippen LogP contribution in [0.4, 0.5) is 11.4 Å². The first kappa shape index (κ1) is 20.6. The molecule has 1 saturated heterocycles. The Morgan fingerprint density at radius 2 is 1.33 bits per heavy atom. The van der Waals surface area contributed by atoms with Crippen molar-refractivity contribution in [2.75, 3.05) is 10.6 Å². The fourth-order valence-electron chi connectivity index (χ4n) is 7.02. The molecular weight excluding hydrogens is 418 g/mol. The largest absolute Gasteiger partial charge is 0.326 e. The average Bonchev–Trinajstić information content (AvgIpc) is 3.58. The molecule has 33 heavy (non-hydrogen) atoms. The monoisotopic (exact) mass is 447 g/mol. The lowest BCUT2D eigenvalue weighted by Crippen LogP contribution is -2.44. The quantitative estimate of drug-likeness (QED) is 0.547. The molecule has 6 atom stereocenters. The van der Waals surface area contributed by atoms with Crippen LogP contribution in [0.25, 0.3) is 0 Å². The molecule has 1 aromatic carbocycles. The molecule has 7 rings (SSSR count). The molecule has 3 saturated carbocycles. The molecule has 1 heterocycles. The minimum absolute atomic E-state index is 0.0317. The summed E-state index contributed by atoms with van der Waals surface area (Å²) in [6.07, 6.45) is 8.30. The van der Waals surface area contributed by atoms with Crippen molar-refractivity contribution in [2.45, 2.75) is 45.1 Å². The van der Waals surface area contributed by atoms with Crippen molar-refractivity contribution in [2.24, 2.45) is 41.4 Å². The summed E-state index contributed by atoms with van der Waals surface area (Å²) in [5.74, 6) is 1.25. The Balaban J connectivity index is 1.06. The maximum atomic E-state index is 13.3. The van der Waals surface area contributed by atoms with E-state index in [1.54, 1.807) is 29.2 Å². The van der Waals surface area contributed by atoms with E-state index in [0.29, 0.717) is 48.9 Å². The van der Waals surface area contributed by atoms with Crippen molar-refractivity contribution in [3.05, 3.63) is 36.4 Å². The van der Waals surface area contributed by atoms with Crippen LogP contribution in [0.2, 0.25) is 0 Å². The van der Waals surface area contributed by atoms with Gasteiger partial charge in [0.1, 0.15) is 0 Å². The molecule has 1 aliphatic heterocycles. The van der Waals surface area contributed by atoms with Gasteiger partial charge in [0.25, 0.3) is 0 Å². The summed E-state index contributed by atoms with van der Waals surface area (Å²) in [7, 11) is 0. The zero-order chi connectivity index (χ0) is 22.9. The molecule has 6 aliphatic rings. The predicted molar refractivity (Wildman–Crippen MR) is 122 cm³/mol. The second kappa shape index (κ2) is 7.54. The first-order chi connectivity index (χ1) is 15.9. The molecule has 4 amide bonds. The van der Waals surface area contributed by atoms with E-state index in [2.05, 4.69) is 22.8 Å². The molecule has 0 spiro atoms. The van der Waals surface area contributed by atoms with Gasteiger partial charge in [0, 0.05) is 30.3 Å². The number of nitrogens with zero attached hydrogens (tertiary/aromatic N) is 1. The van der Waals surface area contributed by atoms with E-state index >= 15 is 0 Å². The molecule has 0 radical (unpaired) electrons. The number of carbonyl (C=O) groups excluding carboxylic acids is 4. The fraction of sp³-hybridized carbons (Fsp3) is 0.538. The molecule has 2 bridgehead atoms. The van der Waals surface area contributed by atoms with Crippen LogP contribution in [0.1, 0.15) is 39.0 Å². The van der Waals surface area contributed by atoms with Gasteiger partial charge in [-0.3, -0.25) is 24.1 Å². The number of benzene rings is 1. The minimum atomic E-state index is -0.141. The van der Waals surface area contributed by atoms with Crippen molar-refractivity contribution >= 4 is 35.0 Å². The number of allylic oxidation sites excluding steroid dienone is 2. The highest BCUT2D eigenvalue weighted by Crippen LogP contribution is 2.65. The Morgan fingerprint density at radius 3 is 1.85 bits per heavy atom. The maximum absolute atomic E-state index is 13.3. The Labute approximate surface area is 193 Å². The van der Waals surface area contributed by atoms with Crippen molar-refractivity contribution in [1.29, 1.82) is 0 Å². The SMILES string of the molecule is CC(=O)Nc1ccc(NC(=O)C2CCC(N3C(=O)[C@@H]4[C@H]5C=C[C@H]([C@H]6C[C@@H]56)[C@@H]4C3=O)CC2)cc1. The van der Waals surface area contributed by atoms with Gasteiger partial charge in [0.15, 0.2) is 0 Å². The molecule has 0 aromatic heterocycles. The van der Waals surface area contributed by atoms with Crippen LogP contribution in [0.15, 0.2) is 36.4 Å². The van der Waals surface area contributed by atoms with Crippen LogP contribution in [0.3, 0.4) is 0 Å². The van der Waals surface area contributed by atoms with Crippen LogP contribution < -0.4 is 10.6 Å². The second-order valence-corrected chi connectivity index (χ2v) is 10.5. The second-order valence-electron chi connectivity index (χ2n) is 10.5. The molecular formula is C26H29N3O4. The highest BCUT2D eigenvalue weighted by molar-refractivity contribution is 6.06. The van der Waals surface area contributed by atoms with Crippen LogP contribution in [0, 0.1) is 41.4 Å². The van der Waals surface area contributed by atoms with Crippen molar-refractivity contribution in [3.63, 3.8) is 0 Å². The number of rotatable bonds is 4. The molecule has 2 N–H and O–H groups in total. The Bertz CT molecular complexity index is 1020. The number of likely N-dealkylation sites (tertiary alicyclic amines) is 1. The zero-order valence-corrected chi connectivity index (χ0v) is 18.7. The normalized spacial score (nSPS) is 38.0. The Hall–Kier alpha value is -2.96. The lowest BCUT2D eigenvalue weighted by Gasteiger charge is -2.37. The number of hydrogen-bond donors (Lipinski definition) is 2. The standard InChI is InChI=1S/C26H29N3O4/c1-13(30)27-15-4-6-16(7-5-15)28-24(31)14-2-8-17(9-3-14)29-25(32)22-18-10-11-19(21-12-20(18)21)23(22)26(29)33/h4-7,10-11,14,17-23H,2-3,8-9,12H2,1H3,(H,27,30)(H,28,31)/t14?,17?,18-,19+,20-,21+,22+,23-. The van der Waals surface area contributed by atoms with Crippen molar-refractivity contribution in [3.8, 4) is 0 Å². The lowest BCUT2D eigenvalue weighted by molar-refractivity contribution is -0.144. The maximum Gasteiger partial charge on any atom is 0.233 e. The summed E-state index contributed by atoms with van der Waals surface area (Å²) < 4.78 is 0. The van der Waals surface area contributed by atoms with E-state index in [9.17, 15) is 19.2 Å². The minimum Gasteiger partial charge on any atom is -0.326 e. The number of amides is 4. The van der Waals surface area contributed by atoms with E-state index in [0.717, 1.165) is 0 Å². The van der Waals surface area contributed by atoms with Gasteiger partial charge < -0.3 is 10.6 Å². The third kappa shape index (κ3) is 3.31. The molecule has 7 heteroatoms. The molecule has 1 aromatic rings. The summed E-state index contributed by atoms with van der Waals surface area (Å²) in [4.78, 5) is 52.2. The van der Waals surface area contributed by atoms with Crippen LogP contribution >= 0.6 is 0 Å². The van der Waals surface area contributed by atoms with E-state index in [1.165, 1.54) is 13.3 Å². The topological polar surface area (TPSA) is 95.6 Å². The first-order valence-corrected chi connectivity index (χ1v) is 12.2. The van der Waals surface area contributed by atoms with Crippen LogP contribution in [-0.4, -0.2) is 34.6 Å². The number of imide groups is 1. The summed E-state index contributed by atoms with van der Waals surface area (Å²) in [6, 6.07) is 6.97. The smallest absolute Gasteiger partial charge is 0.233 e. The van der Waals surface area contributed by atoms with E-state index in [4.69, 9.17) is 0 Å². The third-order valence-corrected chi connectivity index (χ3v) is 8.60. The zero-order valence-electron chi connectivity index (χ0n) is 18.7. The first-order valence-electron chi connectivity index (χ1n) is 12.2. The van der Waals surface area contributed by atoms with Gasteiger partial charge in [-0.25, -0.2) is 0 Å². The molecule has 0 unspecified atom stereocenters. The number of hydrogen-bond acceptors (Lipinski definition) is 4. The van der Waals surface area contributed by atoms with E-state index < -0.39 is 0 Å². The summed E-state index contributed by atoms with van der Waals surface area (Å²) in [5, 5.41) is 5.66. The van der Waals surface area contributed by atoms with Gasteiger partial charge in [-0.2, -0.15) is 0 Å². The summed E-state index contributed by atoms with van der Waals surface area (Å²) in [6.45, 7) is 1.45. The highest BCUT2D eigenvalue weighted by Gasteiger charge is 2.67. The Morgan fingerprint density at radius 1 is 0.818 bits per heavy atom. The molecule has 172 valence electrons. The molecule has 5 aliphatic carbocycles. The number of anilines is 2. The van der Waals surface area contributed by atoms with Crippen molar-refractivity contribution < 1.29 is 19.2 Å². The average molecular weight is 448 g/mol. The Kier molecular flexibility index (Phi) is 4.71. The van der Waals surface area contributed by atoms with E-state index in [-0.39, 0.29) is 59.3 Å². The third-order valence-electron chi connectivity index (χ3n) is 8.60. The van der Waals surface area contributed by atoms with Gasteiger partial charge in [-0.15, -0.1) is 0 Å². The van der Waals surface area contributed by atoms with Gasteiger partial charge >= 0.3 is 0 Å². The van der Waals surface area contributed by atoms with Gasteiger partial charge in [0.05, 0.1) is 11.8 Å². The van der Waals surface area contributed by atoms with E-state index in [1.807, 2.05) is 0 Å². The molecule has 4 fully saturated rings. The molecule has 7 nitrogen and oxygen atoms in total. The predicted octanol–water partition coefficient (Wildman–Crippen LogP) is 3.20. The number of nitrogens with one attached hydrogen (secondary N) is 2. The summed E-state index contributed by atoms with van der Waals surface area (Å²) >= 11 is 0. The fourth-order valence-corrected chi connectivity index (χ4v) is 7.02. The summed E-state index contributed by atoms with van der Waals surface area (Å²) in [5.41, 5.74) is 1.37. The lowest BCUT2D eigenvalue weighted by atomic mass is 9.63. The van der Waals surface area contributed by atoms with Gasteiger partial charge in [0.2, 0.25) is 23.6 Å². The van der Waals surface area contributed by atoms with Crippen LogP contribution in [0.5, 0.6) is 0 Å². The van der Waals surface area contributed by atoms with Crippen LogP contribution in [-0.2, 0) is 19.2 Å². The van der Waals surface area contributed by atoms with Gasteiger partial charge in [-0.05, 0) is 80.0 Å².